The molecule has 1 fully saturated rings. The molecule has 1 saturated carbocycles. The monoisotopic (exact) mass is 460 g/mol. The lowest BCUT2D eigenvalue weighted by molar-refractivity contribution is 0.0716. The lowest BCUT2D eigenvalue weighted by Gasteiger charge is -2.22. The van der Waals surface area contributed by atoms with Crippen LogP contribution in [0.15, 0.2) is 66.0 Å². The van der Waals surface area contributed by atoms with Crippen molar-refractivity contribution in [2.24, 2.45) is 0 Å². The Labute approximate surface area is 196 Å². The fraction of sp³-hybridized carbons (Fsp3) is 0.240. The van der Waals surface area contributed by atoms with E-state index in [4.69, 9.17) is 14.5 Å². The summed E-state index contributed by atoms with van der Waals surface area (Å²) < 4.78 is 12.7. The van der Waals surface area contributed by atoms with Gasteiger partial charge in [-0.05, 0) is 54.6 Å². The van der Waals surface area contributed by atoms with Gasteiger partial charge in [-0.25, -0.2) is 9.67 Å². The smallest absolute Gasteiger partial charge is 0.294 e. The predicted octanol–water partition coefficient (Wildman–Crippen LogP) is 4.82. The van der Waals surface area contributed by atoms with E-state index in [1.807, 2.05) is 70.9 Å². The van der Waals surface area contributed by atoms with E-state index in [0.717, 1.165) is 40.5 Å². The van der Waals surface area contributed by atoms with Crippen LogP contribution < -0.4 is 9.47 Å². The van der Waals surface area contributed by atoms with E-state index in [1.165, 1.54) is 0 Å². The van der Waals surface area contributed by atoms with Crippen molar-refractivity contribution in [3.05, 3.63) is 77.4 Å². The van der Waals surface area contributed by atoms with E-state index in [1.54, 1.807) is 30.2 Å². The van der Waals surface area contributed by atoms with Gasteiger partial charge in [0.2, 0.25) is 5.82 Å². The standard InChI is InChI=1S/C25H24N4O3S/c1-31-20-12-13-21(32-2)17(15-20)16-28(18-10-11-18)25(30)23-26-24(22-9-6-14-33-22)29(27-23)19-7-4-3-5-8-19/h3-9,12-15,18H,10-11,16H2,1-2H3. The minimum absolute atomic E-state index is 0.169. The maximum absolute atomic E-state index is 13.7. The molecule has 0 bridgehead atoms. The molecule has 1 aliphatic rings. The van der Waals surface area contributed by atoms with Crippen molar-refractivity contribution in [3.8, 4) is 27.9 Å². The number of benzene rings is 2. The van der Waals surface area contributed by atoms with Crippen LogP contribution in [0.5, 0.6) is 11.5 Å². The van der Waals surface area contributed by atoms with Gasteiger partial charge in [-0.1, -0.05) is 24.3 Å². The Kier molecular flexibility index (Phi) is 5.83. The average molecular weight is 461 g/mol. The van der Waals surface area contributed by atoms with Crippen molar-refractivity contribution in [1.82, 2.24) is 19.7 Å². The molecule has 5 rings (SSSR count). The number of hydrogen-bond acceptors (Lipinski definition) is 6. The van der Waals surface area contributed by atoms with E-state index in [9.17, 15) is 4.79 Å². The van der Waals surface area contributed by atoms with E-state index >= 15 is 0 Å². The van der Waals surface area contributed by atoms with Gasteiger partial charge < -0.3 is 14.4 Å². The third-order valence-corrected chi connectivity index (χ3v) is 6.48. The van der Waals surface area contributed by atoms with Crippen LogP contribution in [0, 0.1) is 0 Å². The first-order valence-corrected chi connectivity index (χ1v) is 11.6. The van der Waals surface area contributed by atoms with Crippen LogP contribution in [0.25, 0.3) is 16.4 Å². The molecule has 8 heteroatoms. The lowest BCUT2D eigenvalue weighted by Crippen LogP contribution is -2.33. The van der Waals surface area contributed by atoms with Crippen molar-refractivity contribution in [1.29, 1.82) is 0 Å². The van der Waals surface area contributed by atoms with Crippen LogP contribution in [-0.4, -0.2) is 45.8 Å². The van der Waals surface area contributed by atoms with Gasteiger partial charge in [0.05, 0.1) is 31.3 Å². The van der Waals surface area contributed by atoms with E-state index in [-0.39, 0.29) is 17.8 Å². The second-order valence-corrected chi connectivity index (χ2v) is 8.77. The highest BCUT2D eigenvalue weighted by atomic mass is 32.1. The van der Waals surface area contributed by atoms with Crippen molar-refractivity contribution in [2.75, 3.05) is 14.2 Å². The summed E-state index contributed by atoms with van der Waals surface area (Å²) in [5, 5.41) is 6.64. The van der Waals surface area contributed by atoms with Gasteiger partial charge in [0.25, 0.3) is 5.91 Å². The number of ether oxygens (including phenoxy) is 2. The number of aromatic nitrogens is 3. The fourth-order valence-corrected chi connectivity index (χ4v) is 4.49. The second-order valence-electron chi connectivity index (χ2n) is 7.83. The molecular weight excluding hydrogens is 436 g/mol. The van der Waals surface area contributed by atoms with Gasteiger partial charge in [0.15, 0.2) is 5.82 Å². The highest BCUT2D eigenvalue weighted by Gasteiger charge is 2.36. The first kappa shape index (κ1) is 21.2. The third kappa shape index (κ3) is 4.34. The molecule has 1 aliphatic carbocycles. The Balaban J connectivity index is 1.52. The molecule has 0 radical (unpaired) electrons. The number of methoxy groups -OCH3 is 2. The van der Waals surface area contributed by atoms with E-state index in [0.29, 0.717) is 12.4 Å². The molecule has 4 aromatic rings. The van der Waals surface area contributed by atoms with Gasteiger partial charge in [-0.15, -0.1) is 16.4 Å². The summed E-state index contributed by atoms with van der Waals surface area (Å²) in [5.74, 6) is 2.11. The maximum Gasteiger partial charge on any atom is 0.294 e. The van der Waals surface area contributed by atoms with Crippen LogP contribution in [-0.2, 0) is 6.54 Å². The summed E-state index contributed by atoms with van der Waals surface area (Å²) in [6.07, 6.45) is 1.93. The summed E-state index contributed by atoms with van der Waals surface area (Å²) in [7, 11) is 3.26. The summed E-state index contributed by atoms with van der Waals surface area (Å²) in [4.78, 5) is 21.2. The molecule has 168 valence electrons. The zero-order valence-corrected chi connectivity index (χ0v) is 19.3. The summed E-state index contributed by atoms with van der Waals surface area (Å²) in [6.45, 7) is 0.401. The van der Waals surface area contributed by atoms with Gasteiger partial charge in [0, 0.05) is 11.6 Å². The molecule has 2 aromatic carbocycles. The summed E-state index contributed by atoms with van der Waals surface area (Å²) >= 11 is 1.57. The van der Waals surface area contributed by atoms with Crippen LogP contribution >= 0.6 is 11.3 Å². The Hall–Kier alpha value is -3.65. The zero-order chi connectivity index (χ0) is 22.8. The van der Waals surface area contributed by atoms with E-state index < -0.39 is 0 Å². The van der Waals surface area contributed by atoms with Gasteiger partial charge >= 0.3 is 0 Å². The quantitative estimate of drug-likeness (QED) is 0.377. The molecule has 33 heavy (non-hydrogen) atoms. The number of carbonyl (C=O) groups is 1. The third-order valence-electron chi connectivity index (χ3n) is 5.62. The van der Waals surface area contributed by atoms with E-state index in [2.05, 4.69) is 5.10 Å². The largest absolute Gasteiger partial charge is 0.497 e. The predicted molar refractivity (Wildman–Crippen MR) is 127 cm³/mol. The van der Waals surface area contributed by atoms with Crippen molar-refractivity contribution in [3.63, 3.8) is 0 Å². The molecule has 0 atom stereocenters. The number of nitrogens with zero attached hydrogens (tertiary/aromatic N) is 4. The Morgan fingerprint density at radius 2 is 1.91 bits per heavy atom. The SMILES string of the molecule is COc1ccc(OC)c(CN(C(=O)c2nc(-c3cccs3)n(-c3ccccc3)n2)C2CC2)c1. The molecule has 2 aromatic heterocycles. The molecule has 0 spiro atoms. The van der Waals surface area contributed by atoms with Crippen molar-refractivity contribution >= 4 is 17.2 Å². The number of amides is 1. The molecule has 7 nitrogen and oxygen atoms in total. The number of para-hydroxylation sites is 1. The van der Waals surface area contributed by atoms with Crippen LogP contribution in [0.1, 0.15) is 29.0 Å². The topological polar surface area (TPSA) is 69.5 Å². The van der Waals surface area contributed by atoms with Gasteiger partial charge in [0.1, 0.15) is 11.5 Å². The zero-order valence-electron chi connectivity index (χ0n) is 18.5. The first-order chi connectivity index (χ1) is 16.2. The van der Waals surface area contributed by atoms with Crippen LogP contribution in [0.4, 0.5) is 0 Å². The number of thiophene rings is 1. The molecule has 0 N–H and O–H groups in total. The Morgan fingerprint density at radius 1 is 1.09 bits per heavy atom. The second kappa shape index (κ2) is 9.07. The van der Waals surface area contributed by atoms with Gasteiger partial charge in [-0.3, -0.25) is 4.79 Å². The highest BCUT2D eigenvalue weighted by Crippen LogP contribution is 2.33. The maximum atomic E-state index is 13.7. The Morgan fingerprint density at radius 3 is 2.58 bits per heavy atom. The molecular formula is C25H24N4O3S. The molecule has 1 amide bonds. The highest BCUT2D eigenvalue weighted by molar-refractivity contribution is 7.13. The van der Waals surface area contributed by atoms with Crippen LogP contribution in [0.2, 0.25) is 0 Å². The van der Waals surface area contributed by atoms with Gasteiger partial charge in [-0.2, -0.15) is 0 Å². The number of carbonyl (C=O) groups excluding carboxylic acids is 1. The molecule has 2 heterocycles. The fourth-order valence-electron chi connectivity index (χ4n) is 3.79. The lowest BCUT2D eigenvalue weighted by atomic mass is 10.1. The molecule has 0 saturated heterocycles. The van der Waals surface area contributed by atoms with Crippen LogP contribution in [0.3, 0.4) is 0 Å². The normalized spacial score (nSPS) is 13.0. The molecule has 0 unspecified atom stereocenters. The summed E-state index contributed by atoms with van der Waals surface area (Å²) in [6, 6.07) is 19.5. The van der Waals surface area contributed by atoms with Crippen molar-refractivity contribution < 1.29 is 14.3 Å². The minimum Gasteiger partial charge on any atom is -0.497 e. The van der Waals surface area contributed by atoms with Crippen molar-refractivity contribution in [2.45, 2.75) is 25.4 Å². The summed E-state index contributed by atoms with van der Waals surface area (Å²) in [5.41, 5.74) is 1.75. The average Bonchev–Trinajstić information content (AvgIpc) is 3.36. The Bertz CT molecular complexity index is 1250. The molecule has 0 aliphatic heterocycles. The number of hydrogen-bond donors (Lipinski definition) is 0. The minimum atomic E-state index is -0.185. The number of rotatable bonds is 8. The first-order valence-electron chi connectivity index (χ1n) is 10.8.